The molecule has 1 aliphatic heterocycles. The Hall–Kier alpha value is -2.83. The Kier molecular flexibility index (Phi) is 6.06. The zero-order valence-electron chi connectivity index (χ0n) is 16.3. The quantitative estimate of drug-likeness (QED) is 0.363. The summed E-state index contributed by atoms with van der Waals surface area (Å²) in [5, 5.41) is 8.05. The monoisotopic (exact) mass is 438 g/mol. The van der Waals surface area contributed by atoms with Crippen LogP contribution in [0.2, 0.25) is 5.02 Å². The van der Waals surface area contributed by atoms with E-state index in [9.17, 15) is 9.59 Å². The minimum atomic E-state index is -0.0798. The van der Waals surface area contributed by atoms with Crippen LogP contribution >= 0.6 is 22.9 Å². The number of rotatable bonds is 7. The second-order valence-corrected chi connectivity index (χ2v) is 8.62. The second kappa shape index (κ2) is 8.90. The standard InChI is InChI=1S/C23H19ClN2O3S/c1-14(27)21-6-7-22(30-21)16-10-17-11-19(29-23(17)20(24)12-16)5-4-18(28)3-2-15-8-9-25-26-13-15/h2-3,6-10,12-13,19H,4-5,11H2,1H3/b3-2+. The third kappa shape index (κ3) is 4.66. The van der Waals surface area contributed by atoms with Crippen LogP contribution in [-0.4, -0.2) is 27.9 Å². The molecule has 1 aromatic carbocycles. The van der Waals surface area contributed by atoms with Crippen molar-refractivity contribution in [3.05, 3.63) is 69.8 Å². The van der Waals surface area contributed by atoms with Crippen molar-refractivity contribution in [2.24, 2.45) is 0 Å². The number of ketones is 2. The fourth-order valence-electron chi connectivity index (χ4n) is 3.35. The van der Waals surface area contributed by atoms with E-state index in [1.807, 2.05) is 18.2 Å². The fourth-order valence-corrected chi connectivity index (χ4v) is 4.52. The summed E-state index contributed by atoms with van der Waals surface area (Å²) >= 11 is 7.92. The molecule has 2 aromatic heterocycles. The third-order valence-electron chi connectivity index (χ3n) is 4.87. The largest absolute Gasteiger partial charge is 0.488 e. The lowest BCUT2D eigenvalue weighted by Gasteiger charge is -2.10. The number of carbonyl (C=O) groups excluding carboxylic acids is 2. The smallest absolute Gasteiger partial charge is 0.169 e. The summed E-state index contributed by atoms with van der Waals surface area (Å²) in [6.07, 6.45) is 8.13. The number of ether oxygens (including phenoxy) is 1. The number of aromatic nitrogens is 2. The van der Waals surface area contributed by atoms with Crippen LogP contribution in [0.3, 0.4) is 0 Å². The van der Waals surface area contributed by atoms with Crippen molar-refractivity contribution in [1.82, 2.24) is 10.2 Å². The Morgan fingerprint density at radius 3 is 2.87 bits per heavy atom. The van der Waals surface area contributed by atoms with E-state index >= 15 is 0 Å². The number of hydrogen-bond acceptors (Lipinski definition) is 6. The molecule has 7 heteroatoms. The van der Waals surface area contributed by atoms with E-state index in [2.05, 4.69) is 16.3 Å². The first-order valence-corrected chi connectivity index (χ1v) is 10.8. The Bertz CT molecular complexity index is 1120. The van der Waals surface area contributed by atoms with Gasteiger partial charge in [-0.1, -0.05) is 11.6 Å². The molecule has 0 aliphatic carbocycles. The Balaban J connectivity index is 1.39. The number of carbonyl (C=O) groups is 2. The zero-order chi connectivity index (χ0) is 21.1. The van der Waals surface area contributed by atoms with Crippen LogP contribution in [0.15, 0.2) is 48.8 Å². The molecule has 3 heterocycles. The van der Waals surface area contributed by atoms with Crippen molar-refractivity contribution in [3.63, 3.8) is 0 Å². The number of thiophene rings is 1. The van der Waals surface area contributed by atoms with Gasteiger partial charge in [-0.05, 0) is 67.0 Å². The molecule has 0 saturated carbocycles. The molecule has 1 aliphatic rings. The molecule has 0 radical (unpaired) electrons. The molecule has 0 bridgehead atoms. The number of fused-ring (bicyclic) bond motifs is 1. The van der Waals surface area contributed by atoms with Crippen LogP contribution in [-0.2, 0) is 11.2 Å². The fraction of sp³-hybridized carbons (Fsp3) is 0.217. The zero-order valence-corrected chi connectivity index (χ0v) is 17.9. The van der Waals surface area contributed by atoms with Crippen molar-refractivity contribution in [2.75, 3.05) is 0 Å². The van der Waals surface area contributed by atoms with Gasteiger partial charge < -0.3 is 4.74 Å². The molecular weight excluding hydrogens is 420 g/mol. The van der Waals surface area contributed by atoms with Gasteiger partial charge in [0.2, 0.25) is 0 Å². The molecule has 5 nitrogen and oxygen atoms in total. The molecule has 1 unspecified atom stereocenters. The molecule has 1 atom stereocenters. The molecule has 4 rings (SSSR count). The van der Waals surface area contributed by atoms with Crippen molar-refractivity contribution < 1.29 is 14.3 Å². The second-order valence-electron chi connectivity index (χ2n) is 7.12. The highest BCUT2D eigenvalue weighted by atomic mass is 35.5. The highest BCUT2D eigenvalue weighted by Crippen LogP contribution is 2.41. The van der Waals surface area contributed by atoms with Crippen molar-refractivity contribution in [3.8, 4) is 16.2 Å². The molecular formula is C23H19ClN2O3S. The van der Waals surface area contributed by atoms with Gasteiger partial charge in [-0.2, -0.15) is 10.2 Å². The minimum Gasteiger partial charge on any atom is -0.488 e. The molecule has 152 valence electrons. The highest BCUT2D eigenvalue weighted by molar-refractivity contribution is 7.17. The first kappa shape index (κ1) is 20.4. The predicted molar refractivity (Wildman–Crippen MR) is 118 cm³/mol. The SMILES string of the molecule is CC(=O)c1ccc(-c2cc(Cl)c3c(c2)CC(CCC(=O)/C=C/c2ccnnc2)O3)s1. The van der Waals surface area contributed by atoms with Crippen LogP contribution < -0.4 is 4.74 Å². The van der Waals surface area contributed by atoms with E-state index in [1.165, 1.54) is 11.3 Å². The van der Waals surface area contributed by atoms with Crippen LogP contribution in [0.5, 0.6) is 5.75 Å². The Morgan fingerprint density at radius 1 is 1.27 bits per heavy atom. The maximum absolute atomic E-state index is 12.2. The van der Waals surface area contributed by atoms with Crippen molar-refractivity contribution in [1.29, 1.82) is 0 Å². The van der Waals surface area contributed by atoms with Crippen LogP contribution in [0.4, 0.5) is 0 Å². The lowest BCUT2D eigenvalue weighted by Crippen LogP contribution is -2.14. The van der Waals surface area contributed by atoms with Gasteiger partial charge >= 0.3 is 0 Å². The number of hydrogen-bond donors (Lipinski definition) is 0. The number of nitrogens with zero attached hydrogens (tertiary/aromatic N) is 2. The topological polar surface area (TPSA) is 69.2 Å². The number of allylic oxidation sites excluding steroid dienone is 1. The van der Waals surface area contributed by atoms with Crippen molar-refractivity contribution in [2.45, 2.75) is 32.3 Å². The third-order valence-corrected chi connectivity index (χ3v) is 6.39. The molecule has 30 heavy (non-hydrogen) atoms. The molecule has 0 amide bonds. The number of halogens is 1. The summed E-state index contributed by atoms with van der Waals surface area (Å²) in [5.74, 6) is 0.786. The summed E-state index contributed by atoms with van der Waals surface area (Å²) in [5.41, 5.74) is 2.85. The van der Waals surface area contributed by atoms with Gasteiger partial charge in [0, 0.05) is 23.3 Å². The molecule has 0 spiro atoms. The highest BCUT2D eigenvalue weighted by Gasteiger charge is 2.26. The van der Waals surface area contributed by atoms with Crippen LogP contribution in [0, 0.1) is 0 Å². The summed E-state index contributed by atoms with van der Waals surface area (Å²) in [4.78, 5) is 25.5. The Labute approximate surface area is 183 Å². The van der Waals surface area contributed by atoms with Crippen LogP contribution in [0.25, 0.3) is 16.5 Å². The lowest BCUT2D eigenvalue weighted by molar-refractivity contribution is -0.114. The summed E-state index contributed by atoms with van der Waals surface area (Å²) in [6, 6.07) is 9.50. The molecule has 0 saturated heterocycles. The van der Waals surface area contributed by atoms with Gasteiger partial charge in [-0.25, -0.2) is 0 Å². The van der Waals surface area contributed by atoms with E-state index in [0.29, 0.717) is 30.0 Å². The lowest BCUT2D eigenvalue weighted by atomic mass is 10.0. The summed E-state index contributed by atoms with van der Waals surface area (Å²) in [7, 11) is 0. The van der Waals surface area contributed by atoms with Gasteiger partial charge in [-0.3, -0.25) is 9.59 Å². The molecule has 0 fully saturated rings. The van der Waals surface area contributed by atoms with Gasteiger partial charge in [0.15, 0.2) is 11.6 Å². The van der Waals surface area contributed by atoms with E-state index < -0.39 is 0 Å². The van der Waals surface area contributed by atoms with Crippen molar-refractivity contribution >= 4 is 40.6 Å². The number of benzene rings is 1. The molecule has 3 aromatic rings. The predicted octanol–water partition coefficient (Wildman–Crippen LogP) is 5.43. The normalized spacial score (nSPS) is 15.2. The molecule has 0 N–H and O–H groups in total. The van der Waals surface area contributed by atoms with E-state index in [0.717, 1.165) is 26.4 Å². The first-order chi connectivity index (χ1) is 14.5. The van der Waals surface area contributed by atoms with E-state index in [-0.39, 0.29) is 17.7 Å². The average Bonchev–Trinajstić information content (AvgIpc) is 3.39. The minimum absolute atomic E-state index is 0.0357. The van der Waals surface area contributed by atoms with Gasteiger partial charge in [-0.15, -0.1) is 11.3 Å². The van der Waals surface area contributed by atoms with Gasteiger partial charge in [0.05, 0.1) is 22.3 Å². The maximum Gasteiger partial charge on any atom is 0.169 e. The average molecular weight is 439 g/mol. The number of Topliss-reactive ketones (excluding diaryl/α,β-unsaturated/α-hetero) is 1. The van der Waals surface area contributed by atoms with E-state index in [4.69, 9.17) is 16.3 Å². The maximum atomic E-state index is 12.2. The summed E-state index contributed by atoms with van der Waals surface area (Å²) in [6.45, 7) is 1.56. The van der Waals surface area contributed by atoms with E-state index in [1.54, 1.807) is 37.5 Å². The van der Waals surface area contributed by atoms with Crippen LogP contribution in [0.1, 0.15) is 40.6 Å². The van der Waals surface area contributed by atoms with Gasteiger partial charge in [0.1, 0.15) is 11.9 Å². The Morgan fingerprint density at radius 2 is 2.13 bits per heavy atom. The summed E-state index contributed by atoms with van der Waals surface area (Å²) < 4.78 is 6.01. The van der Waals surface area contributed by atoms with Gasteiger partial charge in [0.25, 0.3) is 0 Å². The first-order valence-electron chi connectivity index (χ1n) is 9.57.